The van der Waals surface area contributed by atoms with Gasteiger partial charge in [-0.25, -0.2) is 4.98 Å². The van der Waals surface area contributed by atoms with Crippen LogP contribution in [0, 0.1) is 0 Å². The van der Waals surface area contributed by atoms with E-state index < -0.39 is 0 Å². The first kappa shape index (κ1) is 23.2. The van der Waals surface area contributed by atoms with Crippen molar-refractivity contribution in [3.8, 4) is 0 Å². The number of nitrogens with one attached hydrogen (secondary N) is 1. The maximum atomic E-state index is 13.2. The van der Waals surface area contributed by atoms with Gasteiger partial charge in [-0.2, -0.15) is 0 Å². The number of benzene rings is 2. The highest BCUT2D eigenvalue weighted by Gasteiger charge is 2.21. The summed E-state index contributed by atoms with van der Waals surface area (Å²) in [6.07, 6.45) is 5.47. The molecule has 2 aromatic carbocycles. The van der Waals surface area contributed by atoms with Gasteiger partial charge in [-0.15, -0.1) is 0 Å². The van der Waals surface area contributed by atoms with Crippen molar-refractivity contribution < 1.29 is 4.79 Å². The molecular formula is C30H29N5O2. The van der Waals surface area contributed by atoms with Crippen molar-refractivity contribution >= 4 is 22.6 Å². The van der Waals surface area contributed by atoms with E-state index in [1.54, 1.807) is 10.8 Å². The number of likely N-dealkylation sites (tertiary alicyclic amines) is 1. The van der Waals surface area contributed by atoms with E-state index >= 15 is 0 Å². The molecule has 0 unspecified atom stereocenters. The molecule has 7 nitrogen and oxygen atoms in total. The van der Waals surface area contributed by atoms with Gasteiger partial charge in [0, 0.05) is 43.6 Å². The summed E-state index contributed by atoms with van der Waals surface area (Å²) in [5, 5.41) is 3.21. The third-order valence-corrected chi connectivity index (χ3v) is 7.22. The van der Waals surface area contributed by atoms with Gasteiger partial charge < -0.3 is 9.72 Å². The fraction of sp³-hybridized carbons (Fsp3) is 0.233. The molecule has 7 heteroatoms. The minimum Gasteiger partial charge on any atom is -0.349 e. The molecule has 3 aromatic heterocycles. The Kier molecular flexibility index (Phi) is 6.28. The van der Waals surface area contributed by atoms with E-state index in [1.165, 1.54) is 5.56 Å². The molecule has 1 aliphatic rings. The third kappa shape index (κ3) is 4.78. The first-order valence-corrected chi connectivity index (χ1v) is 12.8. The molecule has 0 atom stereocenters. The number of nitrogens with zero attached hydrogens (tertiary/aromatic N) is 4. The molecule has 1 N–H and O–H groups in total. The van der Waals surface area contributed by atoms with Gasteiger partial charge in [0.1, 0.15) is 5.52 Å². The van der Waals surface area contributed by atoms with E-state index in [0.717, 1.165) is 43.6 Å². The summed E-state index contributed by atoms with van der Waals surface area (Å²) in [5.74, 6) is -0.0491. The van der Waals surface area contributed by atoms with Crippen LogP contribution in [0.5, 0.6) is 0 Å². The summed E-state index contributed by atoms with van der Waals surface area (Å²) in [4.78, 5) is 33.0. The lowest BCUT2D eigenvalue weighted by Gasteiger charge is -2.32. The van der Waals surface area contributed by atoms with Gasteiger partial charge in [-0.3, -0.25) is 19.1 Å². The predicted molar refractivity (Wildman–Crippen MR) is 145 cm³/mol. The van der Waals surface area contributed by atoms with Crippen molar-refractivity contribution in [2.24, 2.45) is 0 Å². The Labute approximate surface area is 215 Å². The van der Waals surface area contributed by atoms with Crippen LogP contribution in [0.4, 0.5) is 0 Å². The Bertz CT molecular complexity index is 1600. The van der Waals surface area contributed by atoms with Gasteiger partial charge in [0.05, 0.1) is 12.1 Å². The largest absolute Gasteiger partial charge is 0.349 e. The standard InChI is InChI=1S/C30H29N5O2/c36-29(32-25-14-18-33(19-15-25)20-22-6-2-1-3-7-22)24-12-10-23(11-13-24)21-35-28-26(8-4-16-31-28)34-17-5-9-27(34)30(35)37/h1-13,16-17,25H,14-15,18-21H2,(H,32,36). The Morgan fingerprint density at radius 1 is 0.838 bits per heavy atom. The molecule has 1 amide bonds. The van der Waals surface area contributed by atoms with Crippen LogP contribution in [-0.4, -0.2) is 43.9 Å². The van der Waals surface area contributed by atoms with Crippen LogP contribution >= 0.6 is 0 Å². The number of hydrogen-bond acceptors (Lipinski definition) is 4. The number of fused-ring (bicyclic) bond motifs is 3. The van der Waals surface area contributed by atoms with Gasteiger partial charge in [0.2, 0.25) is 0 Å². The molecule has 4 heterocycles. The lowest BCUT2D eigenvalue weighted by Crippen LogP contribution is -2.44. The maximum Gasteiger partial charge on any atom is 0.276 e. The van der Waals surface area contributed by atoms with Gasteiger partial charge in [0.15, 0.2) is 5.65 Å². The van der Waals surface area contributed by atoms with Gasteiger partial charge in [-0.1, -0.05) is 42.5 Å². The molecular weight excluding hydrogens is 462 g/mol. The summed E-state index contributed by atoms with van der Waals surface area (Å²) < 4.78 is 3.57. The second-order valence-corrected chi connectivity index (χ2v) is 9.71. The Morgan fingerprint density at radius 2 is 1.57 bits per heavy atom. The van der Waals surface area contributed by atoms with E-state index in [0.29, 0.717) is 23.3 Å². The number of piperidine rings is 1. The minimum atomic E-state index is -0.0865. The molecule has 0 bridgehead atoms. The summed E-state index contributed by atoms with van der Waals surface area (Å²) >= 11 is 0. The van der Waals surface area contributed by atoms with Crippen molar-refractivity contribution in [2.75, 3.05) is 13.1 Å². The highest BCUT2D eigenvalue weighted by Crippen LogP contribution is 2.17. The van der Waals surface area contributed by atoms with E-state index in [1.807, 2.05) is 65.2 Å². The lowest BCUT2D eigenvalue weighted by molar-refractivity contribution is 0.0909. The van der Waals surface area contributed by atoms with Crippen LogP contribution in [-0.2, 0) is 13.1 Å². The summed E-state index contributed by atoms with van der Waals surface area (Å²) in [6.45, 7) is 3.28. The zero-order valence-corrected chi connectivity index (χ0v) is 20.6. The average molecular weight is 492 g/mol. The molecule has 1 saturated heterocycles. The molecule has 1 aliphatic heterocycles. The molecule has 5 aromatic rings. The third-order valence-electron chi connectivity index (χ3n) is 7.22. The van der Waals surface area contributed by atoms with Crippen molar-refractivity contribution in [2.45, 2.75) is 32.0 Å². The van der Waals surface area contributed by atoms with Crippen LogP contribution < -0.4 is 10.9 Å². The Balaban J connectivity index is 1.11. The monoisotopic (exact) mass is 491 g/mol. The predicted octanol–water partition coefficient (Wildman–Crippen LogP) is 4.09. The number of rotatable bonds is 6. The molecule has 0 saturated carbocycles. The molecule has 6 rings (SSSR count). The van der Waals surface area contributed by atoms with E-state index in [4.69, 9.17) is 0 Å². The van der Waals surface area contributed by atoms with Crippen LogP contribution in [0.2, 0.25) is 0 Å². The van der Waals surface area contributed by atoms with Crippen LogP contribution in [0.15, 0.2) is 96.1 Å². The first-order chi connectivity index (χ1) is 18.2. The highest BCUT2D eigenvalue weighted by atomic mass is 16.1. The smallest absolute Gasteiger partial charge is 0.276 e. The fourth-order valence-corrected chi connectivity index (χ4v) is 5.22. The number of carbonyl (C=O) groups is 1. The topological polar surface area (TPSA) is 71.6 Å². The van der Waals surface area contributed by atoms with E-state index in [2.05, 4.69) is 39.5 Å². The summed E-state index contributed by atoms with van der Waals surface area (Å²) in [6, 6.07) is 25.7. The second-order valence-electron chi connectivity index (χ2n) is 9.71. The van der Waals surface area contributed by atoms with Crippen LogP contribution in [0.3, 0.4) is 0 Å². The van der Waals surface area contributed by atoms with Crippen molar-refractivity contribution in [1.82, 2.24) is 24.2 Å². The van der Waals surface area contributed by atoms with E-state index in [9.17, 15) is 9.59 Å². The normalized spacial score (nSPS) is 14.8. The number of hydrogen-bond donors (Lipinski definition) is 1. The van der Waals surface area contributed by atoms with Crippen molar-refractivity contribution in [3.05, 3.63) is 118 Å². The van der Waals surface area contributed by atoms with Crippen LogP contribution in [0.1, 0.15) is 34.3 Å². The quantitative estimate of drug-likeness (QED) is 0.388. The highest BCUT2D eigenvalue weighted by molar-refractivity contribution is 5.94. The molecule has 1 fully saturated rings. The number of amides is 1. The van der Waals surface area contributed by atoms with Gasteiger partial charge >= 0.3 is 0 Å². The van der Waals surface area contributed by atoms with E-state index in [-0.39, 0.29) is 17.5 Å². The van der Waals surface area contributed by atoms with Gasteiger partial charge in [-0.05, 0) is 60.4 Å². The van der Waals surface area contributed by atoms with Crippen molar-refractivity contribution in [1.29, 1.82) is 0 Å². The molecule has 37 heavy (non-hydrogen) atoms. The lowest BCUT2D eigenvalue weighted by atomic mass is 10.0. The van der Waals surface area contributed by atoms with Gasteiger partial charge in [0.25, 0.3) is 11.5 Å². The first-order valence-electron chi connectivity index (χ1n) is 12.8. The fourth-order valence-electron chi connectivity index (χ4n) is 5.22. The second kappa shape index (κ2) is 10.0. The average Bonchev–Trinajstić information content (AvgIpc) is 3.44. The van der Waals surface area contributed by atoms with Crippen molar-refractivity contribution in [3.63, 3.8) is 0 Å². The zero-order valence-electron chi connectivity index (χ0n) is 20.6. The molecule has 0 spiro atoms. The minimum absolute atomic E-state index is 0.0491. The summed E-state index contributed by atoms with van der Waals surface area (Å²) in [7, 11) is 0. The molecule has 186 valence electrons. The Morgan fingerprint density at radius 3 is 2.35 bits per heavy atom. The number of carbonyl (C=O) groups excluding carboxylic acids is 1. The zero-order chi connectivity index (χ0) is 25.2. The Hall–Kier alpha value is -4.23. The maximum absolute atomic E-state index is 13.2. The molecule has 0 aliphatic carbocycles. The van der Waals surface area contributed by atoms with Crippen LogP contribution in [0.25, 0.3) is 16.7 Å². The summed E-state index contributed by atoms with van der Waals surface area (Å²) in [5.41, 5.74) is 4.95. The molecule has 0 radical (unpaired) electrons. The number of pyridine rings is 1. The SMILES string of the molecule is O=C(NC1CCN(Cc2ccccc2)CC1)c1ccc(Cn2c(=O)c3cccn3c3cccnc32)cc1. The number of aromatic nitrogens is 3.